The predicted molar refractivity (Wildman–Crippen MR) is 107 cm³/mol. The van der Waals surface area contributed by atoms with Gasteiger partial charge in [0.1, 0.15) is 5.69 Å². The molecule has 5 heterocycles. The Morgan fingerprint density at radius 3 is 2.97 bits per heavy atom. The van der Waals surface area contributed by atoms with E-state index in [1.807, 2.05) is 12.3 Å². The zero-order chi connectivity index (χ0) is 19.8. The molecular weight excluding hydrogens is 368 g/mol. The van der Waals surface area contributed by atoms with E-state index in [1.165, 1.54) is 0 Å². The highest BCUT2D eigenvalue weighted by atomic mass is 16.2. The van der Waals surface area contributed by atoms with Crippen LogP contribution >= 0.6 is 0 Å². The molecule has 2 bridgehead atoms. The molecule has 3 saturated heterocycles. The van der Waals surface area contributed by atoms with E-state index in [-0.39, 0.29) is 17.9 Å². The number of rotatable bonds is 5. The first-order valence-corrected chi connectivity index (χ1v) is 10.6. The number of carbonyl (C=O) groups excluding carboxylic acids is 2. The third kappa shape index (κ3) is 3.57. The molecule has 0 spiro atoms. The van der Waals surface area contributed by atoms with E-state index in [0.717, 1.165) is 44.6 Å². The van der Waals surface area contributed by atoms with Gasteiger partial charge in [-0.2, -0.15) is 0 Å². The normalized spacial score (nSPS) is 29.5. The van der Waals surface area contributed by atoms with Gasteiger partial charge in [-0.15, -0.1) is 0 Å². The number of fused-ring (bicyclic) bond motifs is 4. The van der Waals surface area contributed by atoms with E-state index in [1.54, 1.807) is 18.6 Å². The topological polar surface area (TPSA) is 97.1 Å². The summed E-state index contributed by atoms with van der Waals surface area (Å²) in [6.07, 6.45) is 9.17. The van der Waals surface area contributed by atoms with Crippen molar-refractivity contribution in [1.29, 1.82) is 0 Å². The molecule has 0 aromatic carbocycles. The van der Waals surface area contributed by atoms with Crippen LogP contribution in [0.3, 0.4) is 0 Å². The predicted octanol–water partition coefficient (Wildman–Crippen LogP) is 1.37. The standard InChI is InChI=1S/C21H28N6O2/c28-20-5-1-4-18-14-7-15(11-26(10-14)12-16-8-22-13-25-16)19(27(18)20)9-24-21(29)17-3-2-6-23-17/h2-3,6,8,13-15,18-19,23H,1,4-5,7,9-12H2,(H,22,25)(H,24,29)/t14-,15+,18+,19+/m1/s1. The van der Waals surface area contributed by atoms with Gasteiger partial charge in [-0.25, -0.2) is 4.98 Å². The summed E-state index contributed by atoms with van der Waals surface area (Å²) >= 11 is 0. The Bertz CT molecular complexity index is 849. The highest BCUT2D eigenvalue weighted by molar-refractivity contribution is 5.92. The van der Waals surface area contributed by atoms with Crippen LogP contribution in [0.4, 0.5) is 0 Å². The molecule has 4 atom stereocenters. The van der Waals surface area contributed by atoms with E-state index < -0.39 is 0 Å². The minimum absolute atomic E-state index is 0.0625. The number of carbonyl (C=O) groups is 2. The number of H-pyrrole nitrogens is 2. The largest absolute Gasteiger partial charge is 0.357 e. The van der Waals surface area contributed by atoms with E-state index in [2.05, 4.69) is 30.1 Å². The van der Waals surface area contributed by atoms with Gasteiger partial charge in [0.25, 0.3) is 5.91 Å². The molecule has 8 heteroatoms. The summed E-state index contributed by atoms with van der Waals surface area (Å²) in [4.78, 5) is 40.3. The number of likely N-dealkylation sites (tertiary alicyclic amines) is 1. The fraction of sp³-hybridized carbons (Fsp3) is 0.571. The number of nitrogens with zero attached hydrogens (tertiary/aromatic N) is 3. The van der Waals surface area contributed by atoms with Crippen molar-refractivity contribution in [1.82, 2.24) is 30.1 Å². The van der Waals surface area contributed by atoms with Gasteiger partial charge < -0.3 is 20.2 Å². The molecule has 3 N–H and O–H groups in total. The molecule has 154 valence electrons. The van der Waals surface area contributed by atoms with Crippen molar-refractivity contribution in [2.75, 3.05) is 19.6 Å². The lowest BCUT2D eigenvalue weighted by Gasteiger charge is -2.56. The quantitative estimate of drug-likeness (QED) is 0.711. The Labute approximate surface area is 170 Å². The Balaban J connectivity index is 1.34. The van der Waals surface area contributed by atoms with Crippen LogP contribution in [0.5, 0.6) is 0 Å². The fourth-order valence-electron chi connectivity index (χ4n) is 5.64. The van der Waals surface area contributed by atoms with Crippen molar-refractivity contribution in [2.24, 2.45) is 11.8 Å². The summed E-state index contributed by atoms with van der Waals surface area (Å²) in [5.41, 5.74) is 1.68. The molecule has 29 heavy (non-hydrogen) atoms. The Hall–Kier alpha value is -2.61. The Morgan fingerprint density at radius 1 is 1.28 bits per heavy atom. The number of aromatic nitrogens is 3. The lowest BCUT2D eigenvalue weighted by atomic mass is 9.72. The van der Waals surface area contributed by atoms with Crippen LogP contribution in [0.1, 0.15) is 41.9 Å². The number of piperidine rings is 3. The van der Waals surface area contributed by atoms with Gasteiger partial charge in [0.2, 0.25) is 5.91 Å². The van der Waals surface area contributed by atoms with Gasteiger partial charge in [-0.05, 0) is 43.2 Å². The molecule has 2 amide bonds. The van der Waals surface area contributed by atoms with E-state index in [0.29, 0.717) is 36.5 Å². The minimum Gasteiger partial charge on any atom is -0.357 e. The van der Waals surface area contributed by atoms with E-state index in [4.69, 9.17) is 0 Å². The molecule has 2 aromatic rings. The van der Waals surface area contributed by atoms with Gasteiger partial charge in [0.05, 0.1) is 12.4 Å². The van der Waals surface area contributed by atoms with E-state index >= 15 is 0 Å². The zero-order valence-electron chi connectivity index (χ0n) is 16.5. The first kappa shape index (κ1) is 18.4. The van der Waals surface area contributed by atoms with Crippen LogP contribution in [0, 0.1) is 11.8 Å². The van der Waals surface area contributed by atoms with Gasteiger partial charge in [-0.3, -0.25) is 14.5 Å². The highest BCUT2D eigenvalue weighted by Gasteiger charge is 2.49. The minimum atomic E-state index is -0.108. The summed E-state index contributed by atoms with van der Waals surface area (Å²) in [5, 5.41) is 3.07. The Morgan fingerprint density at radius 2 is 2.17 bits per heavy atom. The van der Waals surface area contributed by atoms with Crippen molar-refractivity contribution in [3.8, 4) is 0 Å². The molecule has 0 saturated carbocycles. The van der Waals surface area contributed by atoms with Gasteiger partial charge in [0, 0.05) is 56.7 Å². The molecule has 0 aliphatic carbocycles. The molecule has 0 radical (unpaired) electrons. The molecule has 5 rings (SSSR count). The second-order valence-electron chi connectivity index (χ2n) is 8.65. The maximum atomic E-state index is 12.9. The number of aromatic amines is 2. The van der Waals surface area contributed by atoms with Crippen LogP contribution in [-0.2, 0) is 11.3 Å². The molecular formula is C21H28N6O2. The second kappa shape index (κ2) is 7.67. The number of amides is 2. The van der Waals surface area contributed by atoms with Crippen LogP contribution in [0.2, 0.25) is 0 Å². The highest BCUT2D eigenvalue weighted by Crippen LogP contribution is 2.41. The summed E-state index contributed by atoms with van der Waals surface area (Å²) in [5.74, 6) is 1.04. The average Bonchev–Trinajstić information content (AvgIpc) is 3.42. The van der Waals surface area contributed by atoms with Crippen LogP contribution < -0.4 is 5.32 Å². The molecule has 3 aliphatic heterocycles. The average molecular weight is 396 g/mol. The SMILES string of the molecule is O=C(NC[C@H]1[C@H]2C[C@H](CN(Cc3cnc[nH]3)C2)[C@@H]2CCCC(=O)N21)c1ccc[nH]1. The van der Waals surface area contributed by atoms with Crippen molar-refractivity contribution >= 4 is 11.8 Å². The van der Waals surface area contributed by atoms with Gasteiger partial charge >= 0.3 is 0 Å². The van der Waals surface area contributed by atoms with Crippen molar-refractivity contribution in [2.45, 2.75) is 44.3 Å². The lowest BCUT2D eigenvalue weighted by molar-refractivity contribution is -0.152. The van der Waals surface area contributed by atoms with Crippen LogP contribution in [0.25, 0.3) is 0 Å². The number of nitrogens with one attached hydrogen (secondary N) is 3. The van der Waals surface area contributed by atoms with Crippen molar-refractivity contribution < 1.29 is 9.59 Å². The second-order valence-corrected chi connectivity index (χ2v) is 8.65. The monoisotopic (exact) mass is 396 g/mol. The van der Waals surface area contributed by atoms with Crippen LogP contribution in [-0.4, -0.2) is 68.3 Å². The van der Waals surface area contributed by atoms with Crippen LogP contribution in [0.15, 0.2) is 30.9 Å². The summed E-state index contributed by atoms with van der Waals surface area (Å²) in [6, 6.07) is 3.95. The number of hydrogen-bond donors (Lipinski definition) is 3. The number of imidazole rings is 1. The van der Waals surface area contributed by atoms with Crippen molar-refractivity contribution in [3.05, 3.63) is 42.2 Å². The summed E-state index contributed by atoms with van der Waals surface area (Å²) in [7, 11) is 0. The first-order chi connectivity index (χ1) is 14.2. The molecule has 2 aromatic heterocycles. The third-order valence-corrected chi connectivity index (χ3v) is 6.84. The molecule has 0 unspecified atom stereocenters. The smallest absolute Gasteiger partial charge is 0.267 e. The Kier molecular flexibility index (Phi) is 4.87. The van der Waals surface area contributed by atoms with Crippen molar-refractivity contribution in [3.63, 3.8) is 0 Å². The molecule has 3 fully saturated rings. The first-order valence-electron chi connectivity index (χ1n) is 10.6. The van der Waals surface area contributed by atoms with Gasteiger partial charge in [-0.1, -0.05) is 0 Å². The summed E-state index contributed by atoms with van der Waals surface area (Å²) < 4.78 is 0. The lowest BCUT2D eigenvalue weighted by Crippen LogP contribution is -2.67. The maximum Gasteiger partial charge on any atom is 0.267 e. The third-order valence-electron chi connectivity index (χ3n) is 6.84. The molecule has 8 nitrogen and oxygen atoms in total. The fourth-order valence-corrected chi connectivity index (χ4v) is 5.64. The maximum absolute atomic E-state index is 12.9. The zero-order valence-corrected chi connectivity index (χ0v) is 16.5. The molecule has 3 aliphatic rings. The number of hydrogen-bond acceptors (Lipinski definition) is 4. The van der Waals surface area contributed by atoms with E-state index in [9.17, 15) is 9.59 Å². The van der Waals surface area contributed by atoms with Gasteiger partial charge in [0.15, 0.2) is 0 Å². The summed E-state index contributed by atoms with van der Waals surface area (Å²) in [6.45, 7) is 3.32.